The normalized spacial score (nSPS) is 24.9. The van der Waals surface area contributed by atoms with Crippen LogP contribution < -0.4 is 14.2 Å². The lowest BCUT2D eigenvalue weighted by molar-refractivity contribution is -0.140. The summed E-state index contributed by atoms with van der Waals surface area (Å²) in [6.07, 6.45) is 3.12. The number of piperidine rings is 1. The Morgan fingerprint density at radius 1 is 1.10 bits per heavy atom. The number of likely N-dealkylation sites (N-methyl/N-ethyl adjacent to an activating group) is 1. The average Bonchev–Trinajstić information content (AvgIpc) is 3.32. The number of urea groups is 1. The maximum atomic E-state index is 13.9. The van der Waals surface area contributed by atoms with Crippen LogP contribution in [0.25, 0.3) is 0 Å². The zero-order chi connectivity index (χ0) is 27.5. The Labute approximate surface area is 230 Å². The van der Waals surface area contributed by atoms with Crippen molar-refractivity contribution in [1.82, 2.24) is 14.7 Å². The van der Waals surface area contributed by atoms with Gasteiger partial charge in [0.2, 0.25) is 0 Å². The van der Waals surface area contributed by atoms with E-state index in [1.54, 1.807) is 14.2 Å². The Balaban J connectivity index is 1.28. The fourth-order valence-electron chi connectivity index (χ4n) is 7.17. The maximum Gasteiger partial charge on any atom is 0.325 e. The number of rotatable bonds is 4. The molecule has 0 N–H and O–H groups in total. The highest BCUT2D eigenvalue weighted by Gasteiger charge is 2.55. The number of methoxy groups -OCH3 is 2. The number of hydrogen-bond acceptors (Lipinski definition) is 5. The molecule has 4 heterocycles. The Bertz CT molecular complexity index is 1350. The van der Waals surface area contributed by atoms with E-state index in [2.05, 4.69) is 19.9 Å². The summed E-state index contributed by atoms with van der Waals surface area (Å²) in [4.78, 5) is 33.4. The van der Waals surface area contributed by atoms with E-state index in [1.165, 1.54) is 0 Å². The Morgan fingerprint density at radius 2 is 1.85 bits per heavy atom. The first kappa shape index (κ1) is 25.6. The summed E-state index contributed by atoms with van der Waals surface area (Å²) in [5, 5.41) is 0. The first-order valence-corrected chi connectivity index (χ1v) is 13.9. The number of para-hydroxylation sites is 1. The van der Waals surface area contributed by atoms with Crippen molar-refractivity contribution in [3.8, 4) is 17.2 Å². The number of ether oxygens (including phenoxy) is 3. The second-order valence-electron chi connectivity index (χ2n) is 11.1. The summed E-state index contributed by atoms with van der Waals surface area (Å²) in [5.74, 6) is 2.38. The molecular formula is C31H37N3O5. The molecule has 6 rings (SSSR count). The molecule has 3 atom stereocenters. The summed E-state index contributed by atoms with van der Waals surface area (Å²) >= 11 is 0. The Hall–Kier alpha value is -3.68. The van der Waals surface area contributed by atoms with Gasteiger partial charge in [0.1, 0.15) is 17.2 Å². The smallest absolute Gasteiger partial charge is 0.325 e. The highest BCUT2D eigenvalue weighted by Crippen LogP contribution is 2.49. The molecule has 206 valence electrons. The minimum absolute atomic E-state index is 0.0103. The van der Waals surface area contributed by atoms with Crippen LogP contribution in [0.2, 0.25) is 0 Å². The van der Waals surface area contributed by atoms with Crippen LogP contribution in [0.1, 0.15) is 62.1 Å². The van der Waals surface area contributed by atoms with Crippen LogP contribution in [-0.4, -0.2) is 72.1 Å². The van der Waals surface area contributed by atoms with Gasteiger partial charge < -0.3 is 24.0 Å². The molecular weight excluding hydrogens is 494 g/mol. The van der Waals surface area contributed by atoms with Crippen molar-refractivity contribution in [2.45, 2.75) is 63.6 Å². The zero-order valence-corrected chi connectivity index (χ0v) is 23.4. The molecule has 39 heavy (non-hydrogen) atoms. The van der Waals surface area contributed by atoms with Gasteiger partial charge in [-0.05, 0) is 37.5 Å². The lowest BCUT2D eigenvalue weighted by Crippen LogP contribution is -2.56. The molecule has 0 aliphatic carbocycles. The third kappa shape index (κ3) is 3.79. The first-order valence-electron chi connectivity index (χ1n) is 13.9. The van der Waals surface area contributed by atoms with E-state index in [-0.39, 0.29) is 23.8 Å². The number of allylic oxidation sites excluding steroid dienone is 1. The molecule has 0 aromatic heterocycles. The van der Waals surface area contributed by atoms with Gasteiger partial charge in [-0.15, -0.1) is 0 Å². The van der Waals surface area contributed by atoms with Gasteiger partial charge in [0.15, 0.2) is 6.10 Å². The zero-order valence-electron chi connectivity index (χ0n) is 23.4. The predicted molar refractivity (Wildman–Crippen MR) is 147 cm³/mol. The van der Waals surface area contributed by atoms with E-state index in [4.69, 9.17) is 14.2 Å². The number of carbonyl (C=O) groups is 2. The number of carbonyl (C=O) groups excluding carboxylic acids is 2. The highest BCUT2D eigenvalue weighted by atomic mass is 16.5. The van der Waals surface area contributed by atoms with Crippen molar-refractivity contribution in [1.29, 1.82) is 0 Å². The summed E-state index contributed by atoms with van der Waals surface area (Å²) in [6, 6.07) is 11.9. The third-order valence-electron chi connectivity index (χ3n) is 9.17. The summed E-state index contributed by atoms with van der Waals surface area (Å²) in [6.45, 7) is 8.49. The van der Waals surface area contributed by atoms with E-state index >= 15 is 0 Å². The van der Waals surface area contributed by atoms with Gasteiger partial charge in [-0.2, -0.15) is 0 Å². The molecule has 3 amide bonds. The van der Waals surface area contributed by atoms with Gasteiger partial charge in [0, 0.05) is 54.4 Å². The van der Waals surface area contributed by atoms with Gasteiger partial charge in [-0.3, -0.25) is 9.69 Å². The molecule has 0 radical (unpaired) electrons. The molecule has 4 aliphatic heterocycles. The molecule has 2 aromatic rings. The summed E-state index contributed by atoms with van der Waals surface area (Å²) in [5.41, 5.74) is 3.81. The number of benzene rings is 2. The number of fused-ring (bicyclic) bond motifs is 4. The van der Waals surface area contributed by atoms with Crippen molar-refractivity contribution < 1.29 is 23.8 Å². The minimum Gasteiger partial charge on any atom is -0.497 e. The van der Waals surface area contributed by atoms with Crippen LogP contribution >= 0.6 is 0 Å². The minimum atomic E-state index is -0.505. The van der Waals surface area contributed by atoms with Crippen molar-refractivity contribution in [3.63, 3.8) is 0 Å². The number of nitrogens with zero attached hydrogens (tertiary/aromatic N) is 3. The number of likely N-dealkylation sites (tertiary alicyclic amines) is 1. The van der Waals surface area contributed by atoms with Gasteiger partial charge in [0.05, 0.1) is 26.3 Å². The molecule has 4 aliphatic rings. The van der Waals surface area contributed by atoms with Gasteiger partial charge in [0.25, 0.3) is 5.91 Å². The van der Waals surface area contributed by atoms with Crippen molar-refractivity contribution in [2.24, 2.45) is 0 Å². The lowest BCUT2D eigenvalue weighted by atomic mass is 9.81. The van der Waals surface area contributed by atoms with Crippen LogP contribution in [0.5, 0.6) is 17.2 Å². The van der Waals surface area contributed by atoms with E-state index in [9.17, 15) is 9.59 Å². The SMILES string of the molecule is CCN1C(=O)N2Cc3cc(OC)cc(OC)c3[C@@H](C)C=C2C12CCN(C(=O)C1Oc3ccccc3C1C)CC2. The van der Waals surface area contributed by atoms with Crippen LogP contribution in [-0.2, 0) is 11.3 Å². The topological polar surface area (TPSA) is 71.6 Å². The summed E-state index contributed by atoms with van der Waals surface area (Å²) in [7, 11) is 3.32. The molecule has 2 aromatic carbocycles. The molecule has 8 nitrogen and oxygen atoms in total. The van der Waals surface area contributed by atoms with Gasteiger partial charge in [-0.1, -0.05) is 38.1 Å². The second kappa shape index (κ2) is 9.50. The number of amides is 3. The highest BCUT2D eigenvalue weighted by molar-refractivity contribution is 5.85. The summed E-state index contributed by atoms with van der Waals surface area (Å²) < 4.78 is 17.4. The third-order valence-corrected chi connectivity index (χ3v) is 9.17. The van der Waals surface area contributed by atoms with Crippen LogP contribution in [0.4, 0.5) is 4.79 Å². The van der Waals surface area contributed by atoms with Crippen LogP contribution in [0, 0.1) is 0 Å². The molecule has 1 spiro atoms. The second-order valence-corrected chi connectivity index (χ2v) is 11.1. The van der Waals surface area contributed by atoms with Crippen molar-refractivity contribution >= 4 is 11.9 Å². The fraction of sp³-hybridized carbons (Fsp3) is 0.484. The molecule has 2 fully saturated rings. The van der Waals surface area contributed by atoms with Crippen LogP contribution in [0.15, 0.2) is 48.2 Å². The molecule has 2 saturated heterocycles. The first-order chi connectivity index (χ1) is 18.8. The Kier molecular flexibility index (Phi) is 6.24. The Morgan fingerprint density at radius 3 is 2.51 bits per heavy atom. The molecule has 0 bridgehead atoms. The van der Waals surface area contributed by atoms with E-state index < -0.39 is 11.6 Å². The van der Waals surface area contributed by atoms with E-state index in [0.717, 1.165) is 33.9 Å². The quantitative estimate of drug-likeness (QED) is 0.562. The maximum absolute atomic E-state index is 13.9. The largest absolute Gasteiger partial charge is 0.497 e. The fourth-order valence-corrected chi connectivity index (χ4v) is 7.17. The van der Waals surface area contributed by atoms with Crippen molar-refractivity contribution in [2.75, 3.05) is 33.9 Å². The lowest BCUT2D eigenvalue weighted by Gasteiger charge is -2.44. The molecule has 0 saturated carbocycles. The van der Waals surface area contributed by atoms with Crippen LogP contribution in [0.3, 0.4) is 0 Å². The molecule has 2 unspecified atom stereocenters. The van der Waals surface area contributed by atoms with Gasteiger partial charge in [-0.25, -0.2) is 4.79 Å². The predicted octanol–water partition coefficient (Wildman–Crippen LogP) is 4.89. The molecule has 8 heteroatoms. The average molecular weight is 532 g/mol. The van der Waals surface area contributed by atoms with E-state index in [1.807, 2.05) is 58.0 Å². The van der Waals surface area contributed by atoms with Crippen molar-refractivity contribution in [3.05, 3.63) is 64.9 Å². The number of hydrogen-bond donors (Lipinski definition) is 0. The van der Waals surface area contributed by atoms with Gasteiger partial charge >= 0.3 is 6.03 Å². The monoisotopic (exact) mass is 531 g/mol. The van der Waals surface area contributed by atoms with E-state index in [0.29, 0.717) is 44.8 Å². The standard InChI is InChI=1S/C31H37N3O5/c1-6-34-30(36)33-18-21-16-22(37-4)17-25(38-5)27(21)19(2)15-26(33)31(34)11-13-32(14-12-31)29(35)28-20(3)23-9-7-8-10-24(23)39-28/h7-10,15-17,19-20,28H,6,11-14,18H2,1-5H3/t19-,20?,28?/m0/s1.